The van der Waals surface area contributed by atoms with Crippen LogP contribution in [0.25, 0.3) is 0 Å². The second kappa shape index (κ2) is 7.88. The van der Waals surface area contributed by atoms with Gasteiger partial charge in [-0.1, -0.05) is 33.6 Å². The number of hydrogen-bond acceptors (Lipinski definition) is 3. The fourth-order valence-corrected chi connectivity index (χ4v) is 1.69. The summed E-state index contributed by atoms with van der Waals surface area (Å²) in [6.45, 7) is 6.72. The predicted octanol–water partition coefficient (Wildman–Crippen LogP) is 2.17. The van der Waals surface area contributed by atoms with Crippen molar-refractivity contribution in [2.45, 2.75) is 52.9 Å². The molecule has 0 atom stereocenters. The predicted molar refractivity (Wildman–Crippen MR) is 64.2 cm³/mol. The van der Waals surface area contributed by atoms with Crippen molar-refractivity contribution in [3.8, 4) is 0 Å². The van der Waals surface area contributed by atoms with Crippen LogP contribution in [0.3, 0.4) is 0 Å². The van der Waals surface area contributed by atoms with Gasteiger partial charge < -0.3 is 8.85 Å². The van der Waals surface area contributed by atoms with Gasteiger partial charge in [-0.15, -0.1) is 0 Å². The molecule has 0 amide bonds. The van der Waals surface area contributed by atoms with Crippen LogP contribution in [0.2, 0.25) is 0 Å². The molecule has 3 nitrogen and oxygen atoms in total. The topological polar surface area (TPSA) is 35.5 Å². The van der Waals surface area contributed by atoms with Crippen molar-refractivity contribution < 1.29 is 13.6 Å². The van der Waals surface area contributed by atoms with E-state index in [-0.39, 0.29) is 5.97 Å². The zero-order valence-corrected chi connectivity index (χ0v) is 11.9. The summed E-state index contributed by atoms with van der Waals surface area (Å²) in [4.78, 5) is 11.1. The highest BCUT2D eigenvalue weighted by molar-refractivity contribution is 6.22. The third-order valence-electron chi connectivity index (χ3n) is 2.15. The van der Waals surface area contributed by atoms with E-state index in [1.807, 2.05) is 0 Å². The smallest absolute Gasteiger partial charge is 0.368 e. The molecule has 0 aromatic heterocycles. The molecule has 15 heavy (non-hydrogen) atoms. The van der Waals surface area contributed by atoms with E-state index in [2.05, 4.69) is 20.8 Å². The number of hydrogen-bond donors (Lipinski definition) is 0. The van der Waals surface area contributed by atoms with E-state index in [0.29, 0.717) is 11.8 Å². The standard InChI is InChI=1S/C11H24O3Si/c1-11(2,3)9-7-5-6-8-10(12)14-15-13-4/h5-9,15H2,1-4H3. The lowest BCUT2D eigenvalue weighted by Gasteiger charge is -2.17. The normalized spacial score (nSPS) is 12.3. The Morgan fingerprint density at radius 2 is 1.87 bits per heavy atom. The van der Waals surface area contributed by atoms with Crippen molar-refractivity contribution in [2.24, 2.45) is 5.41 Å². The molecule has 0 saturated heterocycles. The zero-order valence-electron chi connectivity index (χ0n) is 10.5. The molecule has 0 spiro atoms. The van der Waals surface area contributed by atoms with E-state index in [4.69, 9.17) is 8.85 Å². The Hall–Kier alpha value is -0.353. The van der Waals surface area contributed by atoms with E-state index < -0.39 is 10.0 Å². The van der Waals surface area contributed by atoms with Gasteiger partial charge in [0.2, 0.25) is 0 Å². The minimum Gasteiger partial charge on any atom is -0.499 e. The van der Waals surface area contributed by atoms with Crippen molar-refractivity contribution in [1.82, 2.24) is 0 Å². The Morgan fingerprint density at radius 3 is 2.40 bits per heavy atom. The minimum atomic E-state index is -1.04. The number of unbranched alkanes of at least 4 members (excludes halogenated alkanes) is 2. The van der Waals surface area contributed by atoms with Gasteiger partial charge in [0.1, 0.15) is 0 Å². The van der Waals surface area contributed by atoms with Gasteiger partial charge >= 0.3 is 10.0 Å². The van der Waals surface area contributed by atoms with Crippen molar-refractivity contribution in [1.29, 1.82) is 0 Å². The van der Waals surface area contributed by atoms with Gasteiger partial charge in [-0.3, -0.25) is 4.79 Å². The maximum Gasteiger partial charge on any atom is 0.368 e. The largest absolute Gasteiger partial charge is 0.499 e. The van der Waals surface area contributed by atoms with Gasteiger partial charge in [0.15, 0.2) is 0 Å². The molecule has 90 valence electrons. The molecule has 0 aliphatic carbocycles. The first-order valence-electron chi connectivity index (χ1n) is 5.60. The first-order valence-corrected chi connectivity index (χ1v) is 6.76. The summed E-state index contributed by atoms with van der Waals surface area (Å²) < 4.78 is 9.70. The summed E-state index contributed by atoms with van der Waals surface area (Å²) in [6, 6.07) is 0. The molecule has 0 aliphatic rings. The highest BCUT2D eigenvalue weighted by atomic mass is 28.3. The van der Waals surface area contributed by atoms with Crippen LogP contribution < -0.4 is 0 Å². The van der Waals surface area contributed by atoms with Gasteiger partial charge in [-0.25, -0.2) is 0 Å². The molecule has 0 heterocycles. The summed E-state index contributed by atoms with van der Waals surface area (Å²) >= 11 is 0. The fraction of sp³-hybridized carbons (Fsp3) is 0.909. The summed E-state index contributed by atoms with van der Waals surface area (Å²) in [5, 5.41) is 0. The number of carbonyl (C=O) groups is 1. The second-order valence-corrected chi connectivity index (χ2v) is 6.15. The fourth-order valence-electron chi connectivity index (χ4n) is 1.30. The summed E-state index contributed by atoms with van der Waals surface area (Å²) in [6.07, 6.45) is 5.00. The van der Waals surface area contributed by atoms with Gasteiger partial charge in [0.05, 0.1) is 0 Å². The maximum atomic E-state index is 11.1. The van der Waals surface area contributed by atoms with Crippen LogP contribution >= 0.6 is 0 Å². The van der Waals surface area contributed by atoms with Crippen LogP contribution in [0.4, 0.5) is 0 Å². The molecule has 0 N–H and O–H groups in total. The van der Waals surface area contributed by atoms with Crippen LogP contribution in [-0.4, -0.2) is 23.1 Å². The molecule has 0 aromatic carbocycles. The minimum absolute atomic E-state index is 0.0979. The molecule has 0 unspecified atom stereocenters. The van der Waals surface area contributed by atoms with Crippen molar-refractivity contribution >= 4 is 16.0 Å². The molecule has 0 rings (SSSR count). The average molecular weight is 232 g/mol. The second-order valence-electron chi connectivity index (χ2n) is 5.04. The van der Waals surface area contributed by atoms with E-state index in [9.17, 15) is 4.79 Å². The van der Waals surface area contributed by atoms with E-state index in [0.717, 1.165) is 12.8 Å². The number of carbonyl (C=O) groups excluding carboxylic acids is 1. The molecule has 0 aliphatic heterocycles. The van der Waals surface area contributed by atoms with E-state index in [1.54, 1.807) is 7.11 Å². The lowest BCUT2D eigenvalue weighted by atomic mass is 9.89. The quantitative estimate of drug-likeness (QED) is 0.498. The van der Waals surface area contributed by atoms with Gasteiger partial charge in [0.25, 0.3) is 5.97 Å². The molecule has 0 bridgehead atoms. The van der Waals surface area contributed by atoms with Crippen molar-refractivity contribution in [3.63, 3.8) is 0 Å². The van der Waals surface area contributed by atoms with Crippen LogP contribution in [0, 0.1) is 5.41 Å². The molecular formula is C11H24O3Si. The van der Waals surface area contributed by atoms with Crippen LogP contribution in [0.5, 0.6) is 0 Å². The lowest BCUT2D eigenvalue weighted by molar-refractivity contribution is -0.135. The van der Waals surface area contributed by atoms with Crippen LogP contribution in [0.15, 0.2) is 0 Å². The monoisotopic (exact) mass is 232 g/mol. The van der Waals surface area contributed by atoms with Gasteiger partial charge in [-0.2, -0.15) is 0 Å². The third-order valence-corrected chi connectivity index (χ3v) is 2.82. The molecular weight excluding hydrogens is 208 g/mol. The van der Waals surface area contributed by atoms with Gasteiger partial charge in [-0.05, 0) is 18.3 Å². The Kier molecular flexibility index (Phi) is 7.69. The van der Waals surface area contributed by atoms with E-state index in [1.165, 1.54) is 12.8 Å². The molecule has 0 saturated carbocycles. The Labute approximate surface area is 95.6 Å². The Morgan fingerprint density at radius 1 is 1.20 bits per heavy atom. The van der Waals surface area contributed by atoms with Gasteiger partial charge in [0, 0.05) is 13.5 Å². The highest BCUT2D eigenvalue weighted by Crippen LogP contribution is 2.22. The van der Waals surface area contributed by atoms with Crippen molar-refractivity contribution in [3.05, 3.63) is 0 Å². The zero-order chi connectivity index (χ0) is 11.7. The lowest BCUT2D eigenvalue weighted by Crippen LogP contribution is -2.10. The third kappa shape index (κ3) is 11.6. The summed E-state index contributed by atoms with van der Waals surface area (Å²) in [5.74, 6) is -0.0979. The molecule has 0 radical (unpaired) electrons. The molecule has 4 heteroatoms. The maximum absolute atomic E-state index is 11.1. The number of rotatable bonds is 7. The van der Waals surface area contributed by atoms with Crippen molar-refractivity contribution in [2.75, 3.05) is 7.11 Å². The molecule has 0 aromatic rings. The van der Waals surface area contributed by atoms with Crippen LogP contribution in [-0.2, 0) is 13.6 Å². The highest BCUT2D eigenvalue weighted by Gasteiger charge is 2.09. The first-order chi connectivity index (χ1) is 6.95. The Bertz CT molecular complexity index is 175. The average Bonchev–Trinajstić information content (AvgIpc) is 2.12. The Balaban J connectivity index is 3.27. The van der Waals surface area contributed by atoms with E-state index >= 15 is 0 Å². The summed E-state index contributed by atoms with van der Waals surface area (Å²) in [5.41, 5.74) is 0.406. The first kappa shape index (κ1) is 14.6. The molecule has 0 fully saturated rings. The summed E-state index contributed by atoms with van der Waals surface area (Å²) in [7, 11) is 0.535. The van der Waals surface area contributed by atoms with Crippen LogP contribution in [0.1, 0.15) is 52.9 Å². The SMILES string of the molecule is CO[SiH2]OC(=O)CCCCCC(C)(C)C.